The molecule has 2 atom stereocenters. The summed E-state index contributed by atoms with van der Waals surface area (Å²) in [6, 6.07) is 4.68. The lowest BCUT2D eigenvalue weighted by molar-refractivity contribution is 0.134. The summed E-state index contributed by atoms with van der Waals surface area (Å²) in [7, 11) is 0. The minimum absolute atomic E-state index is 0.429. The number of benzene rings is 1. The molecule has 0 bridgehead atoms. The van der Waals surface area contributed by atoms with E-state index in [1.54, 1.807) is 18.2 Å². The maximum Gasteiger partial charge on any atom is 0.0732 e. The van der Waals surface area contributed by atoms with E-state index in [9.17, 15) is 5.11 Å². The molecule has 3 N–H and O–H groups in total. The zero-order valence-electron chi connectivity index (χ0n) is 8.58. The van der Waals surface area contributed by atoms with E-state index in [0.29, 0.717) is 16.5 Å². The van der Waals surface area contributed by atoms with Gasteiger partial charge in [0.15, 0.2) is 0 Å². The van der Waals surface area contributed by atoms with Gasteiger partial charge in [-0.2, -0.15) is 0 Å². The fraction of sp³-hybridized carbons (Fsp3) is 0.455. The Morgan fingerprint density at radius 2 is 1.80 bits per heavy atom. The highest BCUT2D eigenvalue weighted by atomic mass is 35.5. The largest absolute Gasteiger partial charge is 0.391 e. The first kappa shape index (κ1) is 12.8. The maximum absolute atomic E-state index is 9.74. The molecule has 0 saturated heterocycles. The molecule has 0 aliphatic rings. The van der Waals surface area contributed by atoms with Crippen LogP contribution >= 0.6 is 23.2 Å². The molecule has 1 aromatic carbocycles. The van der Waals surface area contributed by atoms with Crippen LogP contribution in [0.5, 0.6) is 0 Å². The van der Waals surface area contributed by atoms with Crippen molar-refractivity contribution in [3.05, 3.63) is 33.8 Å². The van der Waals surface area contributed by atoms with Crippen molar-refractivity contribution in [2.75, 3.05) is 0 Å². The highest BCUT2D eigenvalue weighted by molar-refractivity contribution is 6.34. The first-order valence-electron chi connectivity index (χ1n) is 4.94. The fourth-order valence-electron chi connectivity index (χ4n) is 1.47. The first-order valence-corrected chi connectivity index (χ1v) is 5.69. The summed E-state index contributed by atoms with van der Waals surface area (Å²) in [6.07, 6.45) is 1.01. The standard InChI is InChI=1S/C11H15Cl2NO/c1-2-3-10(15)11(14)7-4-8(12)6-9(13)5-7/h4-6,10-11,15H,2-3,14H2,1H3/t10-,11+/m0/s1. The van der Waals surface area contributed by atoms with Crippen LogP contribution in [0.1, 0.15) is 31.4 Å². The second-order valence-electron chi connectivity index (χ2n) is 3.58. The molecule has 1 rings (SSSR count). The van der Waals surface area contributed by atoms with Gasteiger partial charge < -0.3 is 10.8 Å². The Morgan fingerprint density at radius 3 is 2.27 bits per heavy atom. The second-order valence-corrected chi connectivity index (χ2v) is 4.46. The normalized spacial score (nSPS) is 15.0. The third-order valence-electron chi connectivity index (χ3n) is 2.27. The van der Waals surface area contributed by atoms with E-state index >= 15 is 0 Å². The molecule has 15 heavy (non-hydrogen) atoms. The quantitative estimate of drug-likeness (QED) is 0.859. The Kier molecular flexibility index (Phi) is 4.87. The molecule has 0 aliphatic carbocycles. The van der Waals surface area contributed by atoms with Gasteiger partial charge in [-0.05, 0) is 30.2 Å². The molecule has 84 valence electrons. The van der Waals surface area contributed by atoms with Crippen LogP contribution in [0.15, 0.2) is 18.2 Å². The Morgan fingerprint density at radius 1 is 1.27 bits per heavy atom. The Hall–Kier alpha value is -0.280. The summed E-state index contributed by atoms with van der Waals surface area (Å²) in [6.45, 7) is 2.00. The predicted octanol–water partition coefficient (Wildman–Crippen LogP) is 3.15. The van der Waals surface area contributed by atoms with E-state index in [-0.39, 0.29) is 0 Å². The summed E-state index contributed by atoms with van der Waals surface area (Å²) >= 11 is 11.7. The molecule has 0 fully saturated rings. The van der Waals surface area contributed by atoms with Crippen molar-refractivity contribution < 1.29 is 5.11 Å². The smallest absolute Gasteiger partial charge is 0.0732 e. The number of aliphatic hydroxyl groups is 1. The lowest BCUT2D eigenvalue weighted by atomic mass is 9.99. The van der Waals surface area contributed by atoms with Crippen LogP contribution < -0.4 is 5.73 Å². The van der Waals surface area contributed by atoms with E-state index in [4.69, 9.17) is 28.9 Å². The lowest BCUT2D eigenvalue weighted by Crippen LogP contribution is -2.25. The highest BCUT2D eigenvalue weighted by Crippen LogP contribution is 2.25. The van der Waals surface area contributed by atoms with Crippen molar-refractivity contribution in [2.24, 2.45) is 5.73 Å². The van der Waals surface area contributed by atoms with Gasteiger partial charge in [-0.25, -0.2) is 0 Å². The fourth-order valence-corrected chi connectivity index (χ4v) is 2.01. The summed E-state index contributed by atoms with van der Waals surface area (Å²) in [4.78, 5) is 0. The molecule has 0 aromatic heterocycles. The first-order chi connectivity index (χ1) is 7.04. The predicted molar refractivity (Wildman–Crippen MR) is 64.3 cm³/mol. The van der Waals surface area contributed by atoms with E-state index in [0.717, 1.165) is 12.0 Å². The minimum atomic E-state index is -0.551. The molecule has 0 amide bonds. The SMILES string of the molecule is CCC[C@H](O)[C@H](N)c1cc(Cl)cc(Cl)c1. The lowest BCUT2D eigenvalue weighted by Gasteiger charge is -2.19. The number of rotatable bonds is 4. The van der Waals surface area contributed by atoms with Crippen LogP contribution in [0.25, 0.3) is 0 Å². The zero-order chi connectivity index (χ0) is 11.4. The van der Waals surface area contributed by atoms with Crippen molar-refractivity contribution >= 4 is 23.2 Å². The van der Waals surface area contributed by atoms with Crippen molar-refractivity contribution in [1.82, 2.24) is 0 Å². The zero-order valence-corrected chi connectivity index (χ0v) is 10.1. The Bertz CT molecular complexity index is 310. The molecular weight excluding hydrogens is 233 g/mol. The van der Waals surface area contributed by atoms with Gasteiger partial charge in [-0.15, -0.1) is 0 Å². The Balaban J connectivity index is 2.85. The monoisotopic (exact) mass is 247 g/mol. The van der Waals surface area contributed by atoms with Gasteiger partial charge in [0.2, 0.25) is 0 Å². The van der Waals surface area contributed by atoms with Crippen LogP contribution in [-0.2, 0) is 0 Å². The van der Waals surface area contributed by atoms with Crippen LogP contribution in [0.2, 0.25) is 10.0 Å². The molecule has 4 heteroatoms. The summed E-state index contributed by atoms with van der Waals surface area (Å²) < 4.78 is 0. The van der Waals surface area contributed by atoms with Crippen LogP contribution in [0.4, 0.5) is 0 Å². The number of hydrogen-bond acceptors (Lipinski definition) is 2. The van der Waals surface area contributed by atoms with Crippen molar-refractivity contribution in [2.45, 2.75) is 31.9 Å². The minimum Gasteiger partial charge on any atom is -0.391 e. The Labute approximate surface area is 100.0 Å². The molecule has 0 heterocycles. The number of nitrogens with two attached hydrogens (primary N) is 1. The van der Waals surface area contributed by atoms with E-state index < -0.39 is 12.1 Å². The van der Waals surface area contributed by atoms with Crippen molar-refractivity contribution in [1.29, 1.82) is 0 Å². The van der Waals surface area contributed by atoms with Gasteiger partial charge >= 0.3 is 0 Å². The van der Waals surface area contributed by atoms with Crippen LogP contribution in [-0.4, -0.2) is 11.2 Å². The van der Waals surface area contributed by atoms with Crippen molar-refractivity contribution in [3.8, 4) is 0 Å². The molecule has 1 aromatic rings. The van der Waals surface area contributed by atoms with Gasteiger partial charge in [0, 0.05) is 10.0 Å². The summed E-state index contributed by atoms with van der Waals surface area (Å²) in [5.41, 5.74) is 6.67. The maximum atomic E-state index is 9.74. The molecule has 0 radical (unpaired) electrons. The number of hydrogen-bond donors (Lipinski definition) is 2. The summed E-state index contributed by atoms with van der Waals surface area (Å²) in [5, 5.41) is 10.8. The molecular formula is C11H15Cl2NO. The van der Waals surface area contributed by atoms with E-state index in [1.165, 1.54) is 0 Å². The highest BCUT2D eigenvalue weighted by Gasteiger charge is 2.16. The third kappa shape index (κ3) is 3.65. The number of halogens is 2. The van der Waals surface area contributed by atoms with Crippen molar-refractivity contribution in [3.63, 3.8) is 0 Å². The van der Waals surface area contributed by atoms with Gasteiger partial charge in [-0.3, -0.25) is 0 Å². The average Bonchev–Trinajstić information content (AvgIpc) is 2.15. The van der Waals surface area contributed by atoms with E-state index in [2.05, 4.69) is 0 Å². The molecule has 0 unspecified atom stereocenters. The topological polar surface area (TPSA) is 46.2 Å². The molecule has 2 nitrogen and oxygen atoms in total. The van der Waals surface area contributed by atoms with Gasteiger partial charge in [0.25, 0.3) is 0 Å². The second kappa shape index (κ2) is 5.71. The summed E-state index contributed by atoms with van der Waals surface area (Å²) in [5.74, 6) is 0. The molecule has 0 spiro atoms. The molecule has 0 saturated carbocycles. The van der Waals surface area contributed by atoms with Gasteiger partial charge in [0.1, 0.15) is 0 Å². The third-order valence-corrected chi connectivity index (χ3v) is 2.71. The average molecular weight is 248 g/mol. The van der Waals surface area contributed by atoms with Gasteiger partial charge in [0.05, 0.1) is 12.1 Å². The van der Waals surface area contributed by atoms with Gasteiger partial charge in [-0.1, -0.05) is 36.5 Å². The molecule has 0 aliphatic heterocycles. The van der Waals surface area contributed by atoms with E-state index in [1.807, 2.05) is 6.92 Å². The van der Waals surface area contributed by atoms with Crippen LogP contribution in [0, 0.1) is 0 Å². The van der Waals surface area contributed by atoms with Crippen LogP contribution in [0.3, 0.4) is 0 Å². The number of aliphatic hydroxyl groups excluding tert-OH is 1.